The third-order valence-electron chi connectivity index (χ3n) is 3.79. The number of likely N-dealkylation sites (tertiary alicyclic amines) is 1. The van der Waals surface area contributed by atoms with Crippen molar-refractivity contribution in [3.8, 4) is 0 Å². The molecule has 112 valence electrons. The van der Waals surface area contributed by atoms with Gasteiger partial charge in [0.1, 0.15) is 0 Å². The molecular formula is C15H25N3OS. The van der Waals surface area contributed by atoms with E-state index >= 15 is 0 Å². The molecule has 0 spiro atoms. The van der Waals surface area contributed by atoms with Crippen molar-refractivity contribution in [3.05, 3.63) is 16.1 Å². The van der Waals surface area contributed by atoms with Gasteiger partial charge in [0, 0.05) is 5.38 Å². The molecule has 0 bridgehead atoms. The number of amides is 1. The fourth-order valence-electron chi connectivity index (χ4n) is 2.86. The second kappa shape index (κ2) is 7.18. The minimum Gasteiger partial charge on any atom is -0.349 e. The summed E-state index contributed by atoms with van der Waals surface area (Å²) in [7, 11) is 0. The molecule has 1 fully saturated rings. The van der Waals surface area contributed by atoms with Crippen LogP contribution >= 0.6 is 11.3 Å². The van der Waals surface area contributed by atoms with Gasteiger partial charge in [-0.1, -0.05) is 20.3 Å². The molecule has 0 aromatic carbocycles. The van der Waals surface area contributed by atoms with Crippen LogP contribution in [0, 0.1) is 12.8 Å². The van der Waals surface area contributed by atoms with Gasteiger partial charge < -0.3 is 5.32 Å². The van der Waals surface area contributed by atoms with Crippen LogP contribution in [0.1, 0.15) is 43.8 Å². The molecule has 1 amide bonds. The summed E-state index contributed by atoms with van der Waals surface area (Å²) in [5, 5.41) is 6.12. The van der Waals surface area contributed by atoms with Crippen molar-refractivity contribution >= 4 is 17.2 Å². The van der Waals surface area contributed by atoms with Gasteiger partial charge in [-0.3, -0.25) is 9.69 Å². The lowest BCUT2D eigenvalue weighted by Crippen LogP contribution is -2.51. The molecule has 1 aromatic heterocycles. The van der Waals surface area contributed by atoms with Crippen LogP contribution in [-0.2, 0) is 11.3 Å². The van der Waals surface area contributed by atoms with E-state index in [1.807, 2.05) is 12.3 Å². The lowest BCUT2D eigenvalue weighted by atomic mass is 9.98. The molecule has 1 N–H and O–H groups in total. The van der Waals surface area contributed by atoms with Crippen LogP contribution < -0.4 is 5.32 Å². The highest BCUT2D eigenvalue weighted by Crippen LogP contribution is 2.18. The number of hydrogen-bond acceptors (Lipinski definition) is 4. The molecule has 1 saturated heterocycles. The maximum absolute atomic E-state index is 12.5. The number of piperidine rings is 1. The highest BCUT2D eigenvalue weighted by Gasteiger charge is 2.29. The summed E-state index contributed by atoms with van der Waals surface area (Å²) in [5.74, 6) is 0.484. The summed E-state index contributed by atoms with van der Waals surface area (Å²) in [5.41, 5.74) is 0.960. The molecule has 1 unspecified atom stereocenters. The predicted octanol–water partition coefficient (Wildman–Crippen LogP) is 2.58. The highest BCUT2D eigenvalue weighted by molar-refractivity contribution is 7.09. The van der Waals surface area contributed by atoms with Crippen LogP contribution in [0.3, 0.4) is 0 Å². The lowest BCUT2D eigenvalue weighted by molar-refractivity contribution is -0.128. The molecule has 1 atom stereocenters. The number of carbonyl (C=O) groups excluding carboxylic acids is 1. The quantitative estimate of drug-likeness (QED) is 0.908. The zero-order chi connectivity index (χ0) is 14.5. The minimum absolute atomic E-state index is 0.00460. The van der Waals surface area contributed by atoms with Gasteiger partial charge in [-0.25, -0.2) is 4.98 Å². The van der Waals surface area contributed by atoms with Crippen LogP contribution in [0.2, 0.25) is 0 Å². The summed E-state index contributed by atoms with van der Waals surface area (Å²) < 4.78 is 0. The van der Waals surface area contributed by atoms with Crippen molar-refractivity contribution in [1.82, 2.24) is 15.2 Å². The maximum Gasteiger partial charge on any atom is 0.237 e. The number of nitrogens with one attached hydrogen (secondary N) is 1. The zero-order valence-electron chi connectivity index (χ0n) is 12.7. The number of hydrogen-bond donors (Lipinski definition) is 1. The number of aromatic nitrogens is 1. The highest BCUT2D eigenvalue weighted by atomic mass is 32.1. The van der Waals surface area contributed by atoms with Crippen molar-refractivity contribution in [2.45, 2.75) is 52.6 Å². The van der Waals surface area contributed by atoms with E-state index in [1.165, 1.54) is 19.3 Å². The Morgan fingerprint density at radius 2 is 2.10 bits per heavy atom. The number of rotatable bonds is 5. The maximum atomic E-state index is 12.5. The van der Waals surface area contributed by atoms with E-state index < -0.39 is 0 Å². The van der Waals surface area contributed by atoms with E-state index in [2.05, 4.69) is 29.0 Å². The second-order valence-corrected chi connectivity index (χ2v) is 6.92. The van der Waals surface area contributed by atoms with Crippen LogP contribution in [0.25, 0.3) is 0 Å². The third kappa shape index (κ3) is 4.03. The van der Waals surface area contributed by atoms with E-state index in [4.69, 9.17) is 0 Å². The van der Waals surface area contributed by atoms with Gasteiger partial charge in [0.15, 0.2) is 0 Å². The van der Waals surface area contributed by atoms with Crippen LogP contribution in [0.4, 0.5) is 0 Å². The van der Waals surface area contributed by atoms with E-state index in [0.29, 0.717) is 12.5 Å². The Balaban J connectivity index is 1.92. The average Bonchev–Trinajstić information content (AvgIpc) is 2.83. The Morgan fingerprint density at radius 1 is 1.40 bits per heavy atom. The largest absolute Gasteiger partial charge is 0.349 e. The Hall–Kier alpha value is -0.940. The summed E-state index contributed by atoms with van der Waals surface area (Å²) >= 11 is 1.63. The first-order valence-corrected chi connectivity index (χ1v) is 8.38. The fraction of sp³-hybridized carbons (Fsp3) is 0.733. The molecule has 5 heteroatoms. The van der Waals surface area contributed by atoms with E-state index in [9.17, 15) is 4.79 Å². The first-order chi connectivity index (χ1) is 9.58. The van der Waals surface area contributed by atoms with Crippen LogP contribution in [0.15, 0.2) is 5.38 Å². The van der Waals surface area contributed by atoms with Crippen molar-refractivity contribution < 1.29 is 4.79 Å². The Bertz CT molecular complexity index is 438. The smallest absolute Gasteiger partial charge is 0.237 e. The molecule has 1 aliphatic rings. The van der Waals surface area contributed by atoms with Gasteiger partial charge in [-0.2, -0.15) is 0 Å². The normalized spacial score (nSPS) is 18.2. The van der Waals surface area contributed by atoms with Gasteiger partial charge in [-0.15, -0.1) is 11.3 Å². The van der Waals surface area contributed by atoms with Gasteiger partial charge in [0.2, 0.25) is 5.91 Å². The van der Waals surface area contributed by atoms with E-state index in [-0.39, 0.29) is 11.9 Å². The molecule has 2 heterocycles. The minimum atomic E-state index is -0.00460. The Morgan fingerprint density at radius 3 is 2.65 bits per heavy atom. The third-order valence-corrected chi connectivity index (χ3v) is 4.62. The molecule has 4 nitrogen and oxygen atoms in total. The SMILES string of the molecule is Cc1nc(CNC(=O)C(C(C)C)N2CCCCC2)cs1. The molecule has 0 saturated carbocycles. The Kier molecular flexibility index (Phi) is 5.54. The first kappa shape index (κ1) is 15.4. The average molecular weight is 295 g/mol. The van der Waals surface area contributed by atoms with Crippen molar-refractivity contribution in [3.63, 3.8) is 0 Å². The van der Waals surface area contributed by atoms with Gasteiger partial charge in [-0.05, 0) is 38.8 Å². The molecule has 2 rings (SSSR count). The monoisotopic (exact) mass is 295 g/mol. The standard InChI is InChI=1S/C15H25N3OS/c1-11(2)14(18-7-5-4-6-8-18)15(19)16-9-13-10-20-12(3)17-13/h10-11,14H,4-9H2,1-3H3,(H,16,19). The summed E-state index contributed by atoms with van der Waals surface area (Å²) in [4.78, 5) is 19.2. The molecule has 0 aliphatic carbocycles. The number of aryl methyl sites for hydroxylation is 1. The topological polar surface area (TPSA) is 45.2 Å². The number of nitrogens with zero attached hydrogens (tertiary/aromatic N) is 2. The van der Waals surface area contributed by atoms with Crippen molar-refractivity contribution in [1.29, 1.82) is 0 Å². The fourth-order valence-corrected chi connectivity index (χ4v) is 3.47. The number of carbonyl (C=O) groups is 1. The zero-order valence-corrected chi connectivity index (χ0v) is 13.5. The summed E-state index contributed by atoms with van der Waals surface area (Å²) in [6, 6.07) is -0.00460. The molecule has 1 aliphatic heterocycles. The molecule has 20 heavy (non-hydrogen) atoms. The van der Waals surface area contributed by atoms with Gasteiger partial charge in [0.25, 0.3) is 0 Å². The lowest BCUT2D eigenvalue weighted by Gasteiger charge is -2.35. The van der Waals surface area contributed by atoms with Gasteiger partial charge >= 0.3 is 0 Å². The van der Waals surface area contributed by atoms with Crippen molar-refractivity contribution in [2.75, 3.05) is 13.1 Å². The second-order valence-electron chi connectivity index (χ2n) is 5.86. The predicted molar refractivity (Wildman–Crippen MR) is 82.7 cm³/mol. The van der Waals surface area contributed by atoms with E-state index in [1.54, 1.807) is 11.3 Å². The van der Waals surface area contributed by atoms with Gasteiger partial charge in [0.05, 0.1) is 23.3 Å². The number of thiazole rings is 1. The van der Waals surface area contributed by atoms with Crippen LogP contribution in [-0.4, -0.2) is 34.9 Å². The van der Waals surface area contributed by atoms with E-state index in [0.717, 1.165) is 23.8 Å². The summed E-state index contributed by atoms with van der Waals surface area (Å²) in [6.07, 6.45) is 3.71. The molecule has 1 aromatic rings. The first-order valence-electron chi connectivity index (χ1n) is 7.50. The molecular weight excluding hydrogens is 270 g/mol. The van der Waals surface area contributed by atoms with Crippen LogP contribution in [0.5, 0.6) is 0 Å². The molecule has 0 radical (unpaired) electrons. The summed E-state index contributed by atoms with van der Waals surface area (Å²) in [6.45, 7) is 8.89. The van der Waals surface area contributed by atoms with Crippen molar-refractivity contribution in [2.24, 2.45) is 5.92 Å². The Labute approximate surface area is 125 Å².